The summed E-state index contributed by atoms with van der Waals surface area (Å²) >= 11 is 0. The van der Waals surface area contributed by atoms with E-state index in [4.69, 9.17) is 8.83 Å². The van der Waals surface area contributed by atoms with Gasteiger partial charge in [0.15, 0.2) is 0 Å². The van der Waals surface area contributed by atoms with Crippen molar-refractivity contribution >= 4 is 56.6 Å². The van der Waals surface area contributed by atoms with Crippen LogP contribution in [0.3, 0.4) is 0 Å². The van der Waals surface area contributed by atoms with Crippen molar-refractivity contribution in [1.82, 2.24) is 9.97 Å². The van der Waals surface area contributed by atoms with E-state index in [-0.39, 0.29) is 11.8 Å². The van der Waals surface area contributed by atoms with E-state index in [0.29, 0.717) is 55.7 Å². The molecule has 0 saturated carbocycles. The van der Waals surface area contributed by atoms with Gasteiger partial charge < -0.3 is 30.1 Å². The van der Waals surface area contributed by atoms with Crippen LogP contribution in [0.2, 0.25) is 0 Å². The fourth-order valence-electron chi connectivity index (χ4n) is 5.03. The summed E-state index contributed by atoms with van der Waals surface area (Å²) in [7, 11) is 0. The first-order valence-corrected chi connectivity index (χ1v) is 14.7. The largest absolute Gasteiger partial charge is 0.403 e. The second-order valence-corrected chi connectivity index (χ2v) is 10.5. The molecule has 0 aliphatic carbocycles. The van der Waals surface area contributed by atoms with Crippen molar-refractivity contribution in [1.29, 1.82) is 0 Å². The molecule has 4 amide bonds. The van der Waals surface area contributed by atoms with Crippen molar-refractivity contribution in [3.05, 3.63) is 142 Å². The number of fused-ring (bicyclic) bond motifs is 2. The first-order chi connectivity index (χ1) is 23.4. The summed E-state index contributed by atoms with van der Waals surface area (Å²) in [6.07, 6.45) is 0. The van der Waals surface area contributed by atoms with Gasteiger partial charge in [0.05, 0.1) is 44.3 Å². The van der Waals surface area contributed by atoms with Crippen LogP contribution < -0.4 is 32.5 Å². The van der Waals surface area contributed by atoms with Crippen molar-refractivity contribution < 1.29 is 18.4 Å². The van der Waals surface area contributed by atoms with Crippen molar-refractivity contribution in [2.24, 2.45) is 0 Å². The van der Waals surface area contributed by atoms with Gasteiger partial charge in [0.2, 0.25) is 11.8 Å². The molecular formula is C36H24N6O6. The van der Waals surface area contributed by atoms with Crippen LogP contribution in [-0.4, -0.2) is 22.0 Å². The molecule has 0 saturated heterocycles. The highest BCUT2D eigenvalue weighted by atomic mass is 16.4. The molecule has 0 fully saturated rings. The Labute approximate surface area is 271 Å². The Morgan fingerprint density at radius 1 is 0.458 bits per heavy atom. The maximum atomic E-state index is 12.9. The molecule has 2 heterocycles. The monoisotopic (exact) mass is 636 g/mol. The number of hydrogen-bond acceptors (Lipinski definition) is 8. The molecule has 0 aliphatic rings. The molecule has 0 aliphatic heterocycles. The van der Waals surface area contributed by atoms with Gasteiger partial charge in [-0.15, -0.1) is 0 Å². The number of hydrogen-bond donors (Lipinski definition) is 4. The number of amides is 4. The number of carbonyl (C=O) groups excluding carboxylic acids is 2. The van der Waals surface area contributed by atoms with Gasteiger partial charge in [0, 0.05) is 11.4 Å². The average Bonchev–Trinajstić information content (AvgIpc) is 3.09. The lowest BCUT2D eigenvalue weighted by Crippen LogP contribution is -2.21. The summed E-state index contributed by atoms with van der Waals surface area (Å²) < 4.78 is 10.9. The van der Waals surface area contributed by atoms with E-state index in [0.717, 1.165) is 0 Å². The lowest BCUT2D eigenvalue weighted by molar-refractivity contribution is 0.261. The molecular weight excluding hydrogens is 612 g/mol. The van der Waals surface area contributed by atoms with Crippen LogP contribution in [-0.2, 0) is 0 Å². The molecule has 7 aromatic rings. The second-order valence-electron chi connectivity index (χ2n) is 10.5. The fraction of sp³-hybridized carbons (Fsp3) is 0. The van der Waals surface area contributed by atoms with E-state index in [9.17, 15) is 19.2 Å². The Bertz CT molecular complexity index is 2280. The molecule has 12 nitrogen and oxygen atoms in total. The minimum atomic E-state index is -0.547. The van der Waals surface area contributed by atoms with Crippen LogP contribution in [0.4, 0.5) is 32.3 Å². The average molecular weight is 637 g/mol. The molecule has 48 heavy (non-hydrogen) atoms. The first-order valence-electron chi connectivity index (χ1n) is 14.7. The maximum absolute atomic E-state index is 12.9. The summed E-state index contributed by atoms with van der Waals surface area (Å²) in [5.41, 5.74) is 2.43. The van der Waals surface area contributed by atoms with Gasteiger partial charge in [-0.2, -0.15) is 0 Å². The van der Waals surface area contributed by atoms with E-state index in [1.807, 2.05) is 0 Å². The van der Waals surface area contributed by atoms with E-state index in [1.54, 1.807) is 121 Å². The summed E-state index contributed by atoms with van der Waals surface area (Å²) in [4.78, 5) is 59.7. The lowest BCUT2D eigenvalue weighted by Gasteiger charge is -2.13. The van der Waals surface area contributed by atoms with E-state index in [1.165, 1.54) is 0 Å². The van der Waals surface area contributed by atoms with Gasteiger partial charge >= 0.3 is 23.3 Å². The molecule has 234 valence electrons. The van der Waals surface area contributed by atoms with Crippen LogP contribution in [0, 0.1) is 0 Å². The molecule has 4 N–H and O–H groups in total. The van der Waals surface area contributed by atoms with Crippen molar-refractivity contribution in [2.75, 3.05) is 21.3 Å². The zero-order chi connectivity index (χ0) is 33.0. The van der Waals surface area contributed by atoms with Crippen molar-refractivity contribution in [3.63, 3.8) is 0 Å². The van der Waals surface area contributed by atoms with Crippen LogP contribution in [0.25, 0.3) is 44.7 Å². The van der Waals surface area contributed by atoms with Crippen molar-refractivity contribution in [3.8, 4) is 22.9 Å². The SMILES string of the molecule is O=C(Nc1ccc(NC(=O)Nc2ccccc2-c2nc3ccccc3c(=O)o2)cc1)Nc1ccccc1-c1nc2ccccc2c(=O)o1. The zero-order valence-electron chi connectivity index (χ0n) is 24.9. The molecule has 2 aromatic heterocycles. The van der Waals surface area contributed by atoms with Crippen LogP contribution in [0.1, 0.15) is 0 Å². The second kappa shape index (κ2) is 12.7. The molecule has 0 spiro atoms. The maximum Gasteiger partial charge on any atom is 0.347 e. The number of anilines is 4. The number of rotatable bonds is 6. The number of nitrogens with one attached hydrogen (secondary N) is 4. The van der Waals surface area contributed by atoms with Crippen LogP contribution in [0.5, 0.6) is 0 Å². The van der Waals surface area contributed by atoms with Crippen LogP contribution in [0.15, 0.2) is 140 Å². The van der Waals surface area contributed by atoms with Gasteiger partial charge in [-0.05, 0) is 72.8 Å². The Kier molecular flexibility index (Phi) is 7.86. The number of para-hydroxylation sites is 4. The molecule has 5 aromatic carbocycles. The third-order valence-corrected chi connectivity index (χ3v) is 7.28. The quantitative estimate of drug-likeness (QED) is 0.147. The molecule has 0 unspecified atom stereocenters. The standard InChI is InChI=1S/C36H24N6O6/c43-33-25-11-3-7-15-29(25)39-31(47-33)23-9-1-5-13-27(23)41-35(45)37-21-17-19-22(20-18-21)38-36(46)42-28-14-6-2-10-24(28)32-40-30-16-8-4-12-26(30)34(44)48-32/h1-20H,(H2,37,41,45)(H2,38,42,46). The third kappa shape index (κ3) is 6.21. The summed E-state index contributed by atoms with van der Waals surface area (Å²) in [6, 6.07) is 32.7. The summed E-state index contributed by atoms with van der Waals surface area (Å²) in [5.74, 6) is 0.146. The van der Waals surface area contributed by atoms with E-state index >= 15 is 0 Å². The fourth-order valence-corrected chi connectivity index (χ4v) is 5.03. The van der Waals surface area contributed by atoms with Gasteiger partial charge in [-0.3, -0.25) is 0 Å². The first kappa shape index (κ1) is 29.6. The number of nitrogens with zero attached hydrogens (tertiary/aromatic N) is 2. The highest BCUT2D eigenvalue weighted by molar-refractivity contribution is 6.03. The highest BCUT2D eigenvalue weighted by Gasteiger charge is 2.16. The Hall–Kier alpha value is -7.08. The minimum Gasteiger partial charge on any atom is -0.403 e. The summed E-state index contributed by atoms with van der Waals surface area (Å²) in [5, 5.41) is 11.7. The predicted octanol–water partition coefficient (Wildman–Crippen LogP) is 7.31. The van der Waals surface area contributed by atoms with E-state index < -0.39 is 23.3 Å². The van der Waals surface area contributed by atoms with Gasteiger partial charge in [-0.1, -0.05) is 48.5 Å². The lowest BCUT2D eigenvalue weighted by atomic mass is 10.1. The van der Waals surface area contributed by atoms with E-state index in [2.05, 4.69) is 31.2 Å². The Morgan fingerprint density at radius 3 is 1.27 bits per heavy atom. The number of aromatic nitrogens is 2. The number of benzene rings is 5. The minimum absolute atomic E-state index is 0.0732. The molecule has 0 radical (unpaired) electrons. The molecule has 0 bridgehead atoms. The predicted molar refractivity (Wildman–Crippen MR) is 183 cm³/mol. The highest BCUT2D eigenvalue weighted by Crippen LogP contribution is 2.28. The Morgan fingerprint density at radius 2 is 0.833 bits per heavy atom. The molecule has 0 atom stereocenters. The number of urea groups is 2. The van der Waals surface area contributed by atoms with Crippen molar-refractivity contribution in [2.45, 2.75) is 0 Å². The topological polar surface area (TPSA) is 168 Å². The Balaban J connectivity index is 1.01. The van der Waals surface area contributed by atoms with Crippen LogP contribution >= 0.6 is 0 Å². The van der Waals surface area contributed by atoms with Gasteiger partial charge in [0.1, 0.15) is 0 Å². The van der Waals surface area contributed by atoms with Gasteiger partial charge in [0.25, 0.3) is 0 Å². The molecule has 7 rings (SSSR count). The zero-order valence-corrected chi connectivity index (χ0v) is 24.9. The summed E-state index contributed by atoms with van der Waals surface area (Å²) in [6.45, 7) is 0. The number of carbonyl (C=O) groups is 2. The smallest absolute Gasteiger partial charge is 0.347 e. The molecule has 12 heteroatoms. The third-order valence-electron chi connectivity index (χ3n) is 7.28. The van der Waals surface area contributed by atoms with Gasteiger partial charge in [-0.25, -0.2) is 29.1 Å². The normalized spacial score (nSPS) is 10.8.